The van der Waals surface area contributed by atoms with E-state index in [0.717, 1.165) is 5.57 Å². The number of aliphatic imine (C=N–C) groups is 1. The van der Waals surface area contributed by atoms with Gasteiger partial charge in [0.2, 0.25) is 0 Å². The average molecular weight is 282 g/mol. The van der Waals surface area contributed by atoms with Crippen LogP contribution in [-0.2, 0) is 5.60 Å². The Balaban J connectivity index is 2.72. The largest absolute Gasteiger partial charge is 0.383 e. The van der Waals surface area contributed by atoms with Crippen molar-refractivity contribution in [3.63, 3.8) is 0 Å². The fourth-order valence-corrected chi connectivity index (χ4v) is 1.86. The fourth-order valence-electron chi connectivity index (χ4n) is 1.52. The smallest absolute Gasteiger partial charge is 0.188 e. The highest BCUT2D eigenvalue weighted by molar-refractivity contribution is 6.31. The molecule has 4 N–H and O–H groups in total. The number of nitrogens with zero attached hydrogens (tertiary/aromatic N) is 1. The first-order valence-corrected chi connectivity index (χ1v) is 6.36. The molecule has 0 saturated heterocycles. The van der Waals surface area contributed by atoms with Gasteiger partial charge in [0, 0.05) is 17.1 Å². The van der Waals surface area contributed by atoms with Crippen LogP contribution >= 0.6 is 11.6 Å². The number of guanidine groups is 1. The Hall–Kier alpha value is -1.52. The first-order chi connectivity index (χ1) is 8.83. The maximum Gasteiger partial charge on any atom is 0.188 e. The summed E-state index contributed by atoms with van der Waals surface area (Å²) in [7, 11) is 0. The minimum Gasteiger partial charge on any atom is -0.383 e. The van der Waals surface area contributed by atoms with Crippen LogP contribution in [0.4, 0.5) is 0 Å². The van der Waals surface area contributed by atoms with Crippen molar-refractivity contribution in [2.45, 2.75) is 19.4 Å². The van der Waals surface area contributed by atoms with E-state index in [1.165, 1.54) is 0 Å². The molecule has 0 amide bonds. The zero-order valence-corrected chi connectivity index (χ0v) is 12.0. The highest BCUT2D eigenvalue weighted by Gasteiger charge is 2.25. The number of hydrogen-bond donors (Lipinski definition) is 3. The fraction of sp³-hybridized carbons (Fsp3) is 0.357. The summed E-state index contributed by atoms with van der Waals surface area (Å²) < 4.78 is 0. The highest BCUT2D eigenvalue weighted by Crippen LogP contribution is 2.27. The number of aliphatic hydroxyl groups is 1. The Bertz CT molecular complexity index is 483. The minimum atomic E-state index is -1.16. The van der Waals surface area contributed by atoms with Gasteiger partial charge in [0.05, 0.1) is 6.54 Å². The van der Waals surface area contributed by atoms with E-state index < -0.39 is 5.60 Å². The molecule has 0 saturated carbocycles. The summed E-state index contributed by atoms with van der Waals surface area (Å²) in [5, 5.41) is 13.8. The monoisotopic (exact) mass is 281 g/mol. The number of halogens is 1. The molecular weight excluding hydrogens is 262 g/mol. The first kappa shape index (κ1) is 15.5. The average Bonchev–Trinajstić information content (AvgIpc) is 2.34. The van der Waals surface area contributed by atoms with Crippen LogP contribution in [0.15, 0.2) is 41.4 Å². The molecule has 0 heterocycles. The van der Waals surface area contributed by atoms with E-state index in [0.29, 0.717) is 17.1 Å². The molecule has 0 aliphatic heterocycles. The second kappa shape index (κ2) is 6.59. The van der Waals surface area contributed by atoms with Gasteiger partial charge < -0.3 is 16.2 Å². The van der Waals surface area contributed by atoms with Gasteiger partial charge in [0.15, 0.2) is 5.96 Å². The van der Waals surface area contributed by atoms with E-state index in [-0.39, 0.29) is 12.5 Å². The van der Waals surface area contributed by atoms with Gasteiger partial charge in [-0.25, -0.2) is 0 Å². The summed E-state index contributed by atoms with van der Waals surface area (Å²) in [6.07, 6.45) is 0. The van der Waals surface area contributed by atoms with E-state index in [1.807, 2.05) is 19.1 Å². The van der Waals surface area contributed by atoms with Crippen LogP contribution in [0.1, 0.15) is 19.4 Å². The lowest BCUT2D eigenvalue weighted by molar-refractivity contribution is 0.0674. The molecule has 1 aromatic rings. The van der Waals surface area contributed by atoms with Gasteiger partial charge in [-0.3, -0.25) is 4.99 Å². The molecule has 0 spiro atoms. The summed E-state index contributed by atoms with van der Waals surface area (Å²) in [5.74, 6) is 0.273. The molecule has 1 aromatic carbocycles. The predicted molar refractivity (Wildman–Crippen MR) is 80.3 cm³/mol. The summed E-state index contributed by atoms with van der Waals surface area (Å²) in [6.45, 7) is 7.99. The number of hydrogen-bond acceptors (Lipinski definition) is 2. The van der Waals surface area contributed by atoms with E-state index in [2.05, 4.69) is 16.9 Å². The third kappa shape index (κ3) is 4.93. The molecule has 4 nitrogen and oxygen atoms in total. The van der Waals surface area contributed by atoms with Crippen LogP contribution in [-0.4, -0.2) is 24.2 Å². The van der Waals surface area contributed by atoms with Gasteiger partial charge >= 0.3 is 0 Å². The molecule has 5 heteroatoms. The van der Waals surface area contributed by atoms with Crippen LogP contribution in [0.25, 0.3) is 0 Å². The Morgan fingerprint density at radius 1 is 1.53 bits per heavy atom. The Labute approximate surface area is 119 Å². The maximum absolute atomic E-state index is 10.4. The standard InChI is InChI=1S/C14H20ClN3O/c1-10(2)8-17-13(16)18-9-14(3,19)11-6-4-5-7-12(11)15/h4-7,19H,1,8-9H2,2-3H3,(H3,16,17,18). The van der Waals surface area contributed by atoms with E-state index in [4.69, 9.17) is 17.3 Å². The molecule has 0 aromatic heterocycles. The second-order valence-electron chi connectivity index (χ2n) is 4.77. The Morgan fingerprint density at radius 3 is 2.74 bits per heavy atom. The van der Waals surface area contributed by atoms with Gasteiger partial charge in [-0.05, 0) is 19.9 Å². The Morgan fingerprint density at radius 2 is 2.16 bits per heavy atom. The predicted octanol–water partition coefficient (Wildman–Crippen LogP) is 2.03. The molecular formula is C14H20ClN3O. The van der Waals surface area contributed by atoms with Gasteiger partial charge in [0.25, 0.3) is 0 Å². The van der Waals surface area contributed by atoms with Crippen LogP contribution in [0, 0.1) is 0 Å². The Kier molecular flexibility index (Phi) is 5.39. The molecule has 19 heavy (non-hydrogen) atoms. The third-order valence-electron chi connectivity index (χ3n) is 2.58. The van der Waals surface area contributed by atoms with Crippen molar-refractivity contribution in [2.24, 2.45) is 10.7 Å². The molecule has 1 rings (SSSR count). The van der Waals surface area contributed by atoms with Crippen LogP contribution < -0.4 is 11.1 Å². The van der Waals surface area contributed by atoms with E-state index in [9.17, 15) is 5.11 Å². The minimum absolute atomic E-state index is 0.131. The topological polar surface area (TPSA) is 70.6 Å². The van der Waals surface area contributed by atoms with Crippen LogP contribution in [0.5, 0.6) is 0 Å². The van der Waals surface area contributed by atoms with Crippen molar-refractivity contribution in [1.82, 2.24) is 5.32 Å². The van der Waals surface area contributed by atoms with E-state index >= 15 is 0 Å². The quantitative estimate of drug-likeness (QED) is 0.439. The van der Waals surface area contributed by atoms with Crippen LogP contribution in [0.2, 0.25) is 5.02 Å². The number of benzene rings is 1. The number of nitrogens with one attached hydrogen (secondary N) is 1. The van der Waals surface area contributed by atoms with Crippen molar-refractivity contribution in [3.05, 3.63) is 47.0 Å². The normalized spacial score (nSPS) is 14.8. The zero-order chi connectivity index (χ0) is 14.5. The van der Waals surface area contributed by atoms with Gasteiger partial charge in [-0.1, -0.05) is 42.0 Å². The molecule has 104 valence electrons. The van der Waals surface area contributed by atoms with Crippen molar-refractivity contribution in [3.8, 4) is 0 Å². The molecule has 0 aliphatic carbocycles. The SMILES string of the molecule is C=C(C)CNC(N)=NCC(C)(O)c1ccccc1Cl. The summed E-state index contributed by atoms with van der Waals surface area (Å²) in [6, 6.07) is 7.14. The highest BCUT2D eigenvalue weighted by atomic mass is 35.5. The van der Waals surface area contributed by atoms with Crippen LogP contribution in [0.3, 0.4) is 0 Å². The number of nitrogens with two attached hydrogens (primary N) is 1. The maximum atomic E-state index is 10.4. The van der Waals surface area contributed by atoms with Crippen molar-refractivity contribution >= 4 is 17.6 Å². The molecule has 0 fully saturated rings. The zero-order valence-electron chi connectivity index (χ0n) is 11.3. The van der Waals surface area contributed by atoms with Gasteiger partial charge in [-0.2, -0.15) is 0 Å². The van der Waals surface area contributed by atoms with Gasteiger partial charge in [-0.15, -0.1) is 0 Å². The summed E-state index contributed by atoms with van der Waals surface area (Å²) >= 11 is 6.06. The van der Waals surface area contributed by atoms with Crippen molar-refractivity contribution < 1.29 is 5.11 Å². The molecule has 0 radical (unpaired) electrons. The summed E-state index contributed by atoms with van der Waals surface area (Å²) in [5.41, 5.74) is 6.13. The second-order valence-corrected chi connectivity index (χ2v) is 5.17. The van der Waals surface area contributed by atoms with Crippen molar-refractivity contribution in [2.75, 3.05) is 13.1 Å². The lowest BCUT2D eigenvalue weighted by Crippen LogP contribution is -2.35. The van der Waals surface area contributed by atoms with E-state index in [1.54, 1.807) is 19.1 Å². The molecule has 1 unspecified atom stereocenters. The first-order valence-electron chi connectivity index (χ1n) is 5.98. The molecule has 0 bridgehead atoms. The van der Waals surface area contributed by atoms with Gasteiger partial charge in [0.1, 0.15) is 5.60 Å². The molecule has 0 aliphatic rings. The van der Waals surface area contributed by atoms with Crippen molar-refractivity contribution in [1.29, 1.82) is 0 Å². The lowest BCUT2D eigenvalue weighted by Gasteiger charge is -2.23. The molecule has 1 atom stereocenters. The third-order valence-corrected chi connectivity index (χ3v) is 2.91. The lowest BCUT2D eigenvalue weighted by atomic mass is 9.96. The number of rotatable bonds is 5. The summed E-state index contributed by atoms with van der Waals surface area (Å²) in [4.78, 5) is 4.12.